The van der Waals surface area contributed by atoms with Crippen LogP contribution in [0.3, 0.4) is 0 Å². The second-order valence-electron chi connectivity index (χ2n) is 5.31. The molecule has 0 aromatic heterocycles. The number of para-hydroxylation sites is 2. The van der Waals surface area contributed by atoms with Gasteiger partial charge in [-0.05, 0) is 36.8 Å². The Morgan fingerprint density at radius 2 is 2.16 bits per heavy atom. The van der Waals surface area contributed by atoms with Crippen LogP contribution in [-0.2, 0) is 4.79 Å². The molecule has 1 aliphatic carbocycles. The van der Waals surface area contributed by atoms with Crippen LogP contribution in [0, 0.1) is 5.41 Å². The zero-order valence-electron chi connectivity index (χ0n) is 11.4. The Hall–Kier alpha value is -1.71. The van der Waals surface area contributed by atoms with Gasteiger partial charge >= 0.3 is 0 Å². The van der Waals surface area contributed by atoms with Gasteiger partial charge in [0.05, 0.1) is 5.69 Å². The lowest BCUT2D eigenvalue weighted by Gasteiger charge is -2.41. The largest absolute Gasteiger partial charge is 0.482 e. The van der Waals surface area contributed by atoms with E-state index in [9.17, 15) is 4.79 Å². The summed E-state index contributed by atoms with van der Waals surface area (Å²) < 4.78 is 5.41. The fourth-order valence-corrected chi connectivity index (χ4v) is 2.42. The molecule has 1 aliphatic rings. The number of benzene rings is 1. The molecule has 0 aliphatic heterocycles. The number of rotatable bonds is 6. The summed E-state index contributed by atoms with van der Waals surface area (Å²) in [5.74, 6) is 0.481. The number of ether oxygens (including phenoxy) is 1. The second kappa shape index (κ2) is 5.95. The molecule has 1 amide bonds. The Balaban J connectivity index is 1.74. The number of carbonyl (C=O) groups is 1. The van der Waals surface area contributed by atoms with Gasteiger partial charge in [0.15, 0.2) is 6.61 Å². The third-order valence-electron chi connectivity index (χ3n) is 4.10. The highest BCUT2D eigenvalue weighted by atomic mass is 16.5. The van der Waals surface area contributed by atoms with Crippen molar-refractivity contribution in [3.05, 3.63) is 24.3 Å². The van der Waals surface area contributed by atoms with Crippen molar-refractivity contribution >= 4 is 11.6 Å². The Kier molecular flexibility index (Phi) is 4.30. The molecule has 0 saturated heterocycles. The van der Waals surface area contributed by atoms with E-state index in [1.54, 1.807) is 12.1 Å². The topological polar surface area (TPSA) is 64.3 Å². The molecule has 3 N–H and O–H groups in total. The maximum absolute atomic E-state index is 11.8. The number of carbonyl (C=O) groups excluding carboxylic acids is 1. The van der Waals surface area contributed by atoms with E-state index in [0.717, 1.165) is 13.0 Å². The van der Waals surface area contributed by atoms with Gasteiger partial charge in [0.2, 0.25) is 0 Å². The summed E-state index contributed by atoms with van der Waals surface area (Å²) >= 11 is 0. The molecule has 2 rings (SSSR count). The maximum Gasteiger partial charge on any atom is 0.257 e. The molecular weight excluding hydrogens is 240 g/mol. The van der Waals surface area contributed by atoms with Crippen LogP contribution in [0.25, 0.3) is 0 Å². The molecule has 1 saturated carbocycles. The van der Waals surface area contributed by atoms with E-state index in [1.165, 1.54) is 19.3 Å². The highest BCUT2D eigenvalue weighted by molar-refractivity contribution is 5.77. The average molecular weight is 262 g/mol. The molecule has 0 atom stereocenters. The first-order chi connectivity index (χ1) is 9.15. The fraction of sp³-hybridized carbons (Fsp3) is 0.533. The minimum absolute atomic E-state index is 0.0218. The van der Waals surface area contributed by atoms with Crippen molar-refractivity contribution in [1.29, 1.82) is 0 Å². The van der Waals surface area contributed by atoms with Crippen LogP contribution in [0.15, 0.2) is 24.3 Å². The average Bonchev–Trinajstić information content (AvgIpc) is 2.37. The van der Waals surface area contributed by atoms with Gasteiger partial charge in [0.25, 0.3) is 5.91 Å². The van der Waals surface area contributed by atoms with Gasteiger partial charge in [0.1, 0.15) is 5.75 Å². The minimum atomic E-state index is -0.0806. The third-order valence-corrected chi connectivity index (χ3v) is 4.10. The SMILES string of the molecule is CCC1(CNC(=O)COc2ccccc2N)CCC1. The lowest BCUT2D eigenvalue weighted by Crippen LogP contribution is -2.43. The highest BCUT2D eigenvalue weighted by Crippen LogP contribution is 2.42. The van der Waals surface area contributed by atoms with Gasteiger partial charge in [-0.25, -0.2) is 0 Å². The van der Waals surface area contributed by atoms with Crippen LogP contribution in [0.2, 0.25) is 0 Å². The van der Waals surface area contributed by atoms with Gasteiger partial charge < -0.3 is 15.8 Å². The third kappa shape index (κ3) is 3.40. The molecule has 19 heavy (non-hydrogen) atoms. The lowest BCUT2D eigenvalue weighted by atomic mass is 9.67. The summed E-state index contributed by atoms with van der Waals surface area (Å²) in [5, 5.41) is 2.96. The molecule has 0 bridgehead atoms. The number of nitrogens with one attached hydrogen (secondary N) is 1. The molecule has 1 aromatic carbocycles. The molecule has 0 radical (unpaired) electrons. The number of nitrogens with two attached hydrogens (primary N) is 1. The van der Waals surface area contributed by atoms with Gasteiger partial charge in [0, 0.05) is 6.54 Å². The van der Waals surface area contributed by atoms with Crippen LogP contribution in [-0.4, -0.2) is 19.1 Å². The molecule has 0 unspecified atom stereocenters. The molecule has 0 spiro atoms. The van der Waals surface area contributed by atoms with Crippen molar-refractivity contribution in [2.75, 3.05) is 18.9 Å². The van der Waals surface area contributed by atoms with Crippen molar-refractivity contribution in [2.45, 2.75) is 32.6 Å². The van der Waals surface area contributed by atoms with Crippen LogP contribution in [0.5, 0.6) is 5.75 Å². The van der Waals surface area contributed by atoms with Gasteiger partial charge in [-0.3, -0.25) is 4.79 Å². The smallest absolute Gasteiger partial charge is 0.257 e. The summed E-state index contributed by atoms with van der Waals surface area (Å²) in [6.07, 6.45) is 4.84. The van der Waals surface area contributed by atoms with E-state index in [4.69, 9.17) is 10.5 Å². The van der Waals surface area contributed by atoms with E-state index < -0.39 is 0 Å². The van der Waals surface area contributed by atoms with Gasteiger partial charge in [-0.15, -0.1) is 0 Å². The predicted molar refractivity (Wildman–Crippen MR) is 75.9 cm³/mol. The second-order valence-corrected chi connectivity index (χ2v) is 5.31. The van der Waals surface area contributed by atoms with Crippen LogP contribution in [0.1, 0.15) is 32.6 Å². The first-order valence-corrected chi connectivity index (χ1v) is 6.89. The van der Waals surface area contributed by atoms with E-state index >= 15 is 0 Å². The van der Waals surface area contributed by atoms with E-state index in [2.05, 4.69) is 12.2 Å². The first kappa shape index (κ1) is 13.7. The Morgan fingerprint density at radius 1 is 1.42 bits per heavy atom. The highest BCUT2D eigenvalue weighted by Gasteiger charge is 2.35. The van der Waals surface area contributed by atoms with Crippen LogP contribution in [0.4, 0.5) is 5.69 Å². The zero-order valence-corrected chi connectivity index (χ0v) is 11.4. The van der Waals surface area contributed by atoms with E-state index in [0.29, 0.717) is 16.9 Å². The van der Waals surface area contributed by atoms with E-state index in [1.807, 2.05) is 12.1 Å². The van der Waals surface area contributed by atoms with Gasteiger partial charge in [-0.2, -0.15) is 0 Å². The predicted octanol–water partition coefficient (Wildman–Crippen LogP) is 2.34. The number of hydrogen-bond acceptors (Lipinski definition) is 3. The lowest BCUT2D eigenvalue weighted by molar-refractivity contribution is -0.124. The quantitative estimate of drug-likeness (QED) is 0.773. The molecule has 104 valence electrons. The van der Waals surface area contributed by atoms with Crippen LogP contribution >= 0.6 is 0 Å². The van der Waals surface area contributed by atoms with Crippen molar-refractivity contribution in [3.63, 3.8) is 0 Å². The summed E-state index contributed by atoms with van der Waals surface area (Å²) in [4.78, 5) is 11.8. The summed E-state index contributed by atoms with van der Waals surface area (Å²) in [5.41, 5.74) is 6.64. The Bertz CT molecular complexity index is 436. The van der Waals surface area contributed by atoms with Crippen molar-refractivity contribution in [3.8, 4) is 5.75 Å². The Morgan fingerprint density at radius 3 is 2.74 bits per heavy atom. The normalized spacial score (nSPS) is 16.5. The molecule has 4 nitrogen and oxygen atoms in total. The number of amides is 1. The van der Waals surface area contributed by atoms with Gasteiger partial charge in [-0.1, -0.05) is 25.5 Å². The number of hydrogen-bond donors (Lipinski definition) is 2. The summed E-state index contributed by atoms with van der Waals surface area (Å²) in [6, 6.07) is 7.20. The van der Waals surface area contributed by atoms with Crippen molar-refractivity contribution in [2.24, 2.45) is 5.41 Å². The number of anilines is 1. The monoisotopic (exact) mass is 262 g/mol. The minimum Gasteiger partial charge on any atom is -0.482 e. The van der Waals surface area contributed by atoms with E-state index in [-0.39, 0.29) is 12.5 Å². The maximum atomic E-state index is 11.8. The van der Waals surface area contributed by atoms with Crippen molar-refractivity contribution < 1.29 is 9.53 Å². The molecule has 1 aromatic rings. The van der Waals surface area contributed by atoms with Crippen LogP contribution < -0.4 is 15.8 Å². The molecular formula is C15H22N2O2. The summed E-state index contributed by atoms with van der Waals surface area (Å²) in [7, 11) is 0. The number of nitrogen functional groups attached to an aromatic ring is 1. The fourth-order valence-electron chi connectivity index (χ4n) is 2.42. The molecule has 0 heterocycles. The molecule has 1 fully saturated rings. The standard InChI is InChI=1S/C15H22N2O2/c1-2-15(8-5-9-15)11-17-14(18)10-19-13-7-4-3-6-12(13)16/h3-4,6-7H,2,5,8-11,16H2,1H3,(H,17,18). The first-order valence-electron chi connectivity index (χ1n) is 6.89. The summed E-state index contributed by atoms with van der Waals surface area (Å²) in [6.45, 7) is 2.97. The zero-order chi connectivity index (χ0) is 13.7. The Labute approximate surface area is 114 Å². The van der Waals surface area contributed by atoms with Crippen molar-refractivity contribution in [1.82, 2.24) is 5.32 Å². The molecule has 4 heteroatoms.